The van der Waals surface area contributed by atoms with Crippen molar-refractivity contribution in [2.75, 3.05) is 10.6 Å². The van der Waals surface area contributed by atoms with Gasteiger partial charge >= 0.3 is 6.09 Å². The monoisotopic (exact) mass is 518 g/mol. The van der Waals surface area contributed by atoms with Crippen molar-refractivity contribution in [3.05, 3.63) is 77.5 Å². The van der Waals surface area contributed by atoms with E-state index in [1.54, 1.807) is 56.8 Å². The lowest BCUT2D eigenvalue weighted by Crippen LogP contribution is -2.27. The van der Waals surface area contributed by atoms with E-state index in [0.29, 0.717) is 28.5 Å². The van der Waals surface area contributed by atoms with Gasteiger partial charge in [0.05, 0.1) is 23.0 Å². The van der Waals surface area contributed by atoms with Crippen LogP contribution in [0.2, 0.25) is 5.15 Å². The number of rotatable bonds is 7. The number of nitrogens with one attached hydrogen (secondary N) is 2. The number of carbonyl (C=O) groups is 2. The van der Waals surface area contributed by atoms with E-state index >= 15 is 0 Å². The Balaban J connectivity index is 1.27. The lowest BCUT2D eigenvalue weighted by Gasteiger charge is -2.16. The molecule has 1 fully saturated rings. The first-order chi connectivity index (χ1) is 17.9. The van der Waals surface area contributed by atoms with Crippen LogP contribution in [0.4, 0.5) is 16.3 Å². The summed E-state index contributed by atoms with van der Waals surface area (Å²) < 4.78 is 6.86. The first-order valence-electron chi connectivity index (χ1n) is 11.5. The molecule has 1 atom stereocenters. The van der Waals surface area contributed by atoms with Gasteiger partial charge < -0.3 is 10.1 Å². The lowest BCUT2D eigenvalue weighted by molar-refractivity contribution is -0.118. The van der Waals surface area contributed by atoms with Gasteiger partial charge in [-0.3, -0.25) is 20.1 Å². The van der Waals surface area contributed by atoms with Gasteiger partial charge in [0, 0.05) is 31.2 Å². The van der Waals surface area contributed by atoms with Gasteiger partial charge in [0.25, 0.3) is 0 Å². The van der Waals surface area contributed by atoms with E-state index in [-0.39, 0.29) is 11.1 Å². The van der Waals surface area contributed by atoms with Crippen LogP contribution in [0.1, 0.15) is 37.0 Å². The topological polar surface area (TPSA) is 137 Å². The number of anilines is 2. The number of ether oxygens (including phenoxy) is 1. The van der Waals surface area contributed by atoms with Crippen LogP contribution in [-0.2, 0) is 22.0 Å². The van der Waals surface area contributed by atoms with Gasteiger partial charge in [-0.25, -0.2) is 14.5 Å². The highest BCUT2D eigenvalue weighted by Gasteiger charge is 2.51. The SMILES string of the molecule is C[C@@H](OC(=O)Nc1c(-c2ccc(NC(=O)C3(c4cccnc4)CC3)cn2)nnn1C)c1cccnc1Cl. The van der Waals surface area contributed by atoms with Crippen molar-refractivity contribution in [3.8, 4) is 11.4 Å². The molecule has 5 rings (SSSR count). The number of amides is 2. The molecule has 0 radical (unpaired) electrons. The minimum Gasteiger partial charge on any atom is -0.441 e. The number of nitrogens with zero attached hydrogens (tertiary/aromatic N) is 6. The molecule has 1 aliphatic rings. The molecule has 0 bridgehead atoms. The minimum absolute atomic E-state index is 0.0949. The molecule has 4 aromatic rings. The predicted molar refractivity (Wildman–Crippen MR) is 136 cm³/mol. The maximum Gasteiger partial charge on any atom is 0.413 e. The Kier molecular flexibility index (Phi) is 6.53. The largest absolute Gasteiger partial charge is 0.441 e. The van der Waals surface area contributed by atoms with Crippen LogP contribution >= 0.6 is 11.6 Å². The van der Waals surface area contributed by atoms with E-state index in [1.165, 1.54) is 10.9 Å². The second-order valence-corrected chi connectivity index (χ2v) is 9.03. The molecule has 188 valence electrons. The third-order valence-corrected chi connectivity index (χ3v) is 6.54. The van der Waals surface area contributed by atoms with Gasteiger partial charge in [-0.1, -0.05) is 28.9 Å². The molecule has 0 spiro atoms. The van der Waals surface area contributed by atoms with Crippen molar-refractivity contribution < 1.29 is 14.3 Å². The molecule has 12 heteroatoms. The highest BCUT2D eigenvalue weighted by molar-refractivity contribution is 6.30. The Morgan fingerprint density at radius 3 is 2.57 bits per heavy atom. The number of carbonyl (C=O) groups excluding carboxylic acids is 2. The van der Waals surface area contributed by atoms with E-state index in [0.717, 1.165) is 18.4 Å². The normalized spacial score (nSPS) is 14.5. The summed E-state index contributed by atoms with van der Waals surface area (Å²) in [6.45, 7) is 1.69. The molecule has 2 amide bonds. The molecular weight excluding hydrogens is 496 g/mol. The summed E-state index contributed by atoms with van der Waals surface area (Å²) in [5, 5.41) is 14.0. The summed E-state index contributed by atoms with van der Waals surface area (Å²) in [6, 6.07) is 10.6. The molecule has 0 aromatic carbocycles. The summed E-state index contributed by atoms with van der Waals surface area (Å²) in [4.78, 5) is 38.1. The Labute approximate surface area is 217 Å². The third kappa shape index (κ3) is 4.98. The maximum atomic E-state index is 13.0. The van der Waals surface area contributed by atoms with Gasteiger partial charge in [-0.15, -0.1) is 5.10 Å². The quantitative estimate of drug-likeness (QED) is 0.345. The number of pyridine rings is 3. The summed E-state index contributed by atoms with van der Waals surface area (Å²) in [7, 11) is 1.63. The smallest absolute Gasteiger partial charge is 0.413 e. The van der Waals surface area contributed by atoms with Gasteiger partial charge in [-0.05, 0) is 49.6 Å². The van der Waals surface area contributed by atoms with Crippen molar-refractivity contribution in [2.45, 2.75) is 31.3 Å². The minimum atomic E-state index is -0.715. The van der Waals surface area contributed by atoms with Gasteiger partial charge in [0.1, 0.15) is 11.3 Å². The molecule has 0 unspecified atom stereocenters. The number of aromatic nitrogens is 6. The molecule has 11 nitrogen and oxygen atoms in total. The van der Waals surface area contributed by atoms with Crippen molar-refractivity contribution in [1.82, 2.24) is 29.9 Å². The van der Waals surface area contributed by atoms with Gasteiger partial charge in [0.15, 0.2) is 11.5 Å². The molecular formula is C25H23ClN8O3. The van der Waals surface area contributed by atoms with Gasteiger partial charge in [0.2, 0.25) is 5.91 Å². The van der Waals surface area contributed by atoms with Crippen LogP contribution in [0.5, 0.6) is 0 Å². The molecule has 1 saturated carbocycles. The number of halogens is 1. The second kappa shape index (κ2) is 9.94. The van der Waals surface area contributed by atoms with E-state index in [4.69, 9.17) is 16.3 Å². The summed E-state index contributed by atoms with van der Waals surface area (Å²) in [5.41, 5.74) is 2.28. The number of aryl methyl sites for hydroxylation is 1. The average Bonchev–Trinajstić information content (AvgIpc) is 3.65. The predicted octanol–water partition coefficient (Wildman–Crippen LogP) is 4.30. The van der Waals surface area contributed by atoms with Crippen LogP contribution in [0, 0.1) is 0 Å². The Hall–Kier alpha value is -4.38. The van der Waals surface area contributed by atoms with Crippen molar-refractivity contribution in [3.63, 3.8) is 0 Å². The molecule has 4 aromatic heterocycles. The zero-order chi connectivity index (χ0) is 26.0. The second-order valence-electron chi connectivity index (χ2n) is 8.68. The lowest BCUT2D eigenvalue weighted by atomic mass is 9.97. The first kappa shape index (κ1) is 24.3. The molecule has 4 heterocycles. The van der Waals surface area contributed by atoms with E-state index in [9.17, 15) is 9.59 Å². The third-order valence-electron chi connectivity index (χ3n) is 6.22. The molecule has 37 heavy (non-hydrogen) atoms. The summed E-state index contributed by atoms with van der Waals surface area (Å²) in [6.07, 6.45) is 6.70. The van der Waals surface area contributed by atoms with Crippen LogP contribution in [-0.4, -0.2) is 41.9 Å². The van der Waals surface area contributed by atoms with Crippen molar-refractivity contribution in [1.29, 1.82) is 0 Å². The number of hydrogen-bond donors (Lipinski definition) is 2. The van der Waals surface area contributed by atoms with Gasteiger partial charge in [-0.2, -0.15) is 0 Å². The fourth-order valence-electron chi connectivity index (χ4n) is 4.00. The maximum absolute atomic E-state index is 13.0. The van der Waals surface area contributed by atoms with Crippen molar-refractivity contribution >= 4 is 35.1 Å². The van der Waals surface area contributed by atoms with Crippen LogP contribution in [0.15, 0.2) is 61.2 Å². The van der Waals surface area contributed by atoms with Crippen molar-refractivity contribution in [2.24, 2.45) is 7.05 Å². The number of hydrogen-bond acceptors (Lipinski definition) is 8. The van der Waals surface area contributed by atoms with Crippen LogP contribution in [0.25, 0.3) is 11.4 Å². The fraction of sp³-hybridized carbons (Fsp3) is 0.240. The highest BCUT2D eigenvalue weighted by atomic mass is 35.5. The zero-order valence-electron chi connectivity index (χ0n) is 20.1. The highest BCUT2D eigenvalue weighted by Crippen LogP contribution is 2.48. The fourth-order valence-corrected chi connectivity index (χ4v) is 4.27. The van der Waals surface area contributed by atoms with E-state index < -0.39 is 17.6 Å². The standard InChI is InChI=1S/C25H23ClN8O3/c1-15(18-6-4-12-28-21(18)26)37-24(36)31-22-20(32-33-34(22)2)19-8-7-17(14-29-19)30-23(35)25(9-10-25)16-5-3-11-27-13-16/h3-8,11-15H,9-10H2,1-2H3,(H,30,35)(H,31,36)/t15-/m1/s1. The summed E-state index contributed by atoms with van der Waals surface area (Å²) >= 11 is 6.10. The first-order valence-corrected chi connectivity index (χ1v) is 11.9. The molecule has 0 aliphatic heterocycles. The van der Waals surface area contributed by atoms with Crippen LogP contribution < -0.4 is 10.6 Å². The van der Waals surface area contributed by atoms with E-state index in [2.05, 4.69) is 35.9 Å². The average molecular weight is 519 g/mol. The van der Waals surface area contributed by atoms with Crippen LogP contribution in [0.3, 0.4) is 0 Å². The Morgan fingerprint density at radius 2 is 1.89 bits per heavy atom. The molecule has 2 N–H and O–H groups in total. The summed E-state index contributed by atoms with van der Waals surface area (Å²) in [5.74, 6) is 0.203. The molecule has 0 saturated heterocycles. The Bertz CT molecular complexity index is 1440. The zero-order valence-corrected chi connectivity index (χ0v) is 20.8. The Morgan fingerprint density at radius 1 is 1.08 bits per heavy atom. The van der Waals surface area contributed by atoms with E-state index in [1.807, 2.05) is 12.1 Å². The molecule has 1 aliphatic carbocycles.